The Bertz CT molecular complexity index is 417. The summed E-state index contributed by atoms with van der Waals surface area (Å²) >= 11 is 5.81. The molecule has 1 aromatic rings. The molecule has 0 aliphatic carbocycles. The number of H-pyrrole nitrogens is 1. The molecule has 0 aromatic carbocycles. The number of amides is 1. The highest BCUT2D eigenvalue weighted by molar-refractivity contribution is 6.24. The van der Waals surface area contributed by atoms with Crippen LogP contribution in [0.15, 0.2) is 6.20 Å². The van der Waals surface area contributed by atoms with E-state index in [1.807, 2.05) is 0 Å². The Morgan fingerprint density at radius 2 is 2.47 bits per heavy atom. The van der Waals surface area contributed by atoms with E-state index in [1.165, 1.54) is 11.1 Å². The van der Waals surface area contributed by atoms with E-state index in [1.54, 1.807) is 0 Å². The third kappa shape index (κ3) is 1.68. The quantitative estimate of drug-likeness (QED) is 0.721. The van der Waals surface area contributed by atoms with Gasteiger partial charge >= 0.3 is 5.97 Å². The average Bonchev–Trinajstić information content (AvgIpc) is 2.71. The topological polar surface area (TPSA) is 86.3 Å². The van der Waals surface area contributed by atoms with Gasteiger partial charge in [0.2, 0.25) is 5.91 Å². The number of carboxylic acids is 1. The third-order valence-electron chi connectivity index (χ3n) is 2.20. The maximum Gasteiger partial charge on any atom is 0.341 e. The van der Waals surface area contributed by atoms with Gasteiger partial charge in [0.1, 0.15) is 11.4 Å². The summed E-state index contributed by atoms with van der Waals surface area (Å²) in [5, 5.41) is 14.7. The first-order valence-electron chi connectivity index (χ1n) is 4.30. The molecule has 15 heavy (non-hydrogen) atoms. The number of anilines is 1. The normalized spacial score (nSPS) is 21.0. The van der Waals surface area contributed by atoms with E-state index in [-0.39, 0.29) is 29.1 Å². The maximum atomic E-state index is 11.5. The summed E-state index contributed by atoms with van der Waals surface area (Å²) in [5.41, 5.74) is -0.0193. The summed E-state index contributed by atoms with van der Waals surface area (Å²) in [4.78, 5) is 23.6. The highest BCUT2D eigenvalue weighted by atomic mass is 35.5. The molecule has 6 nitrogen and oxygen atoms in total. The summed E-state index contributed by atoms with van der Waals surface area (Å²) < 4.78 is 0. The van der Waals surface area contributed by atoms with Crippen LogP contribution in [0.4, 0.5) is 5.82 Å². The number of halogens is 1. The van der Waals surface area contributed by atoms with Gasteiger partial charge in [-0.3, -0.25) is 14.8 Å². The Morgan fingerprint density at radius 3 is 3.00 bits per heavy atom. The van der Waals surface area contributed by atoms with Crippen LogP contribution >= 0.6 is 11.6 Å². The minimum atomic E-state index is -1.12. The predicted octanol–water partition coefficient (Wildman–Crippen LogP) is 0.452. The standard InChI is InChI=1S/C8H8ClN3O3/c9-4-1-6(13)12(3-4)7-5(8(14)15)2-10-11-7/h2,4H,1,3H2,(H,10,11)(H,14,15). The van der Waals surface area contributed by atoms with Gasteiger partial charge in [-0.2, -0.15) is 5.10 Å². The molecule has 2 heterocycles. The molecular formula is C8H8ClN3O3. The second-order valence-electron chi connectivity index (χ2n) is 3.24. The zero-order valence-corrected chi connectivity index (χ0v) is 8.36. The number of carboxylic acid groups (broad SMARTS) is 1. The van der Waals surface area contributed by atoms with Crippen LogP contribution in [0.25, 0.3) is 0 Å². The molecule has 0 bridgehead atoms. The Kier molecular flexibility index (Phi) is 2.36. The number of rotatable bonds is 2. The number of aromatic carboxylic acids is 1. The molecule has 7 heteroatoms. The number of hydrogen-bond donors (Lipinski definition) is 2. The van der Waals surface area contributed by atoms with Crippen molar-refractivity contribution in [2.45, 2.75) is 11.8 Å². The molecule has 2 rings (SSSR count). The highest BCUT2D eigenvalue weighted by Gasteiger charge is 2.32. The van der Waals surface area contributed by atoms with Gasteiger partial charge in [0.05, 0.1) is 11.6 Å². The Labute approximate surface area is 89.8 Å². The van der Waals surface area contributed by atoms with E-state index in [2.05, 4.69) is 10.2 Å². The van der Waals surface area contributed by atoms with Gasteiger partial charge in [0.25, 0.3) is 0 Å². The summed E-state index contributed by atoms with van der Waals surface area (Å²) in [5.74, 6) is -1.11. The smallest absolute Gasteiger partial charge is 0.341 e. The van der Waals surface area contributed by atoms with E-state index in [4.69, 9.17) is 16.7 Å². The summed E-state index contributed by atoms with van der Waals surface area (Å²) in [7, 11) is 0. The fourth-order valence-corrected chi connectivity index (χ4v) is 1.79. The van der Waals surface area contributed by atoms with Gasteiger partial charge in [0.15, 0.2) is 0 Å². The zero-order chi connectivity index (χ0) is 11.0. The van der Waals surface area contributed by atoms with Crippen LogP contribution in [0.2, 0.25) is 0 Å². The summed E-state index contributed by atoms with van der Waals surface area (Å²) in [6.07, 6.45) is 1.39. The first kappa shape index (κ1) is 9.97. The Balaban J connectivity index is 2.33. The monoisotopic (exact) mass is 229 g/mol. The van der Waals surface area contributed by atoms with Crippen LogP contribution in [0, 0.1) is 0 Å². The average molecular weight is 230 g/mol. The van der Waals surface area contributed by atoms with Gasteiger partial charge in [-0.05, 0) is 0 Å². The van der Waals surface area contributed by atoms with E-state index >= 15 is 0 Å². The van der Waals surface area contributed by atoms with Crippen molar-refractivity contribution in [1.82, 2.24) is 10.2 Å². The van der Waals surface area contributed by atoms with Crippen molar-refractivity contribution in [3.8, 4) is 0 Å². The second-order valence-corrected chi connectivity index (χ2v) is 3.86. The minimum absolute atomic E-state index is 0.0193. The summed E-state index contributed by atoms with van der Waals surface area (Å²) in [6.45, 7) is 0.308. The molecule has 1 aliphatic rings. The van der Waals surface area contributed by atoms with Crippen molar-refractivity contribution in [1.29, 1.82) is 0 Å². The lowest BCUT2D eigenvalue weighted by molar-refractivity contribution is -0.117. The molecule has 80 valence electrons. The second kappa shape index (κ2) is 3.54. The molecule has 1 aromatic heterocycles. The minimum Gasteiger partial charge on any atom is -0.477 e. The molecule has 0 spiro atoms. The van der Waals surface area contributed by atoms with Gasteiger partial charge in [0, 0.05) is 13.0 Å². The predicted molar refractivity (Wildman–Crippen MR) is 52.2 cm³/mol. The van der Waals surface area contributed by atoms with E-state index in [0.29, 0.717) is 6.54 Å². The molecule has 2 N–H and O–H groups in total. The highest BCUT2D eigenvalue weighted by Crippen LogP contribution is 2.25. The number of alkyl halides is 1. The fourth-order valence-electron chi connectivity index (χ4n) is 1.52. The number of aromatic nitrogens is 2. The first-order chi connectivity index (χ1) is 7.09. The Hall–Kier alpha value is -1.56. The summed E-state index contributed by atoms with van der Waals surface area (Å²) in [6, 6.07) is 0. The SMILES string of the molecule is O=C(O)c1cn[nH]c1N1CC(Cl)CC1=O. The Morgan fingerprint density at radius 1 is 1.73 bits per heavy atom. The van der Waals surface area contributed by atoms with Crippen molar-refractivity contribution in [3.05, 3.63) is 11.8 Å². The molecule has 0 radical (unpaired) electrons. The lowest BCUT2D eigenvalue weighted by Crippen LogP contribution is -2.26. The van der Waals surface area contributed by atoms with E-state index < -0.39 is 5.97 Å². The largest absolute Gasteiger partial charge is 0.477 e. The van der Waals surface area contributed by atoms with Crippen molar-refractivity contribution < 1.29 is 14.7 Å². The number of hydrogen-bond acceptors (Lipinski definition) is 3. The zero-order valence-electron chi connectivity index (χ0n) is 7.61. The van der Waals surface area contributed by atoms with Crippen molar-refractivity contribution >= 4 is 29.3 Å². The van der Waals surface area contributed by atoms with Gasteiger partial charge in [-0.25, -0.2) is 4.79 Å². The molecule has 1 atom stereocenters. The molecule has 1 fully saturated rings. The lowest BCUT2D eigenvalue weighted by atomic mass is 10.3. The number of nitrogens with one attached hydrogen (secondary N) is 1. The van der Waals surface area contributed by atoms with Crippen LogP contribution in [0.5, 0.6) is 0 Å². The number of carbonyl (C=O) groups is 2. The van der Waals surface area contributed by atoms with Crippen LogP contribution < -0.4 is 4.90 Å². The molecule has 0 saturated carbocycles. The van der Waals surface area contributed by atoms with Gasteiger partial charge < -0.3 is 5.11 Å². The molecule has 1 amide bonds. The van der Waals surface area contributed by atoms with Crippen LogP contribution in [-0.4, -0.2) is 39.1 Å². The van der Waals surface area contributed by atoms with Crippen LogP contribution in [-0.2, 0) is 4.79 Å². The fraction of sp³-hybridized carbons (Fsp3) is 0.375. The van der Waals surface area contributed by atoms with E-state index in [9.17, 15) is 9.59 Å². The molecular weight excluding hydrogens is 222 g/mol. The number of aromatic amines is 1. The molecule has 1 saturated heterocycles. The van der Waals surface area contributed by atoms with Gasteiger partial charge in [-0.1, -0.05) is 0 Å². The lowest BCUT2D eigenvalue weighted by Gasteiger charge is -2.13. The van der Waals surface area contributed by atoms with Crippen molar-refractivity contribution in [3.63, 3.8) is 0 Å². The third-order valence-corrected chi connectivity index (χ3v) is 2.49. The van der Waals surface area contributed by atoms with Crippen molar-refractivity contribution in [2.75, 3.05) is 11.4 Å². The molecule has 1 unspecified atom stereocenters. The van der Waals surface area contributed by atoms with Gasteiger partial charge in [-0.15, -0.1) is 11.6 Å². The molecule has 1 aliphatic heterocycles. The van der Waals surface area contributed by atoms with Crippen LogP contribution in [0.1, 0.15) is 16.8 Å². The number of carbonyl (C=O) groups excluding carboxylic acids is 1. The van der Waals surface area contributed by atoms with Crippen LogP contribution in [0.3, 0.4) is 0 Å². The van der Waals surface area contributed by atoms with Crippen molar-refractivity contribution in [2.24, 2.45) is 0 Å². The maximum absolute atomic E-state index is 11.5. The van der Waals surface area contributed by atoms with E-state index in [0.717, 1.165) is 0 Å². The number of nitrogens with zero attached hydrogens (tertiary/aromatic N) is 2. The first-order valence-corrected chi connectivity index (χ1v) is 4.74.